The molecule has 1 aliphatic heterocycles. The largest absolute Gasteiger partial charge is 0.493 e. The molecule has 1 fully saturated rings. The van der Waals surface area contributed by atoms with E-state index < -0.39 is 5.69 Å². The number of amides is 2. The highest BCUT2D eigenvalue weighted by Gasteiger charge is 2.27. The van der Waals surface area contributed by atoms with Crippen LogP contribution >= 0.6 is 0 Å². The van der Waals surface area contributed by atoms with Crippen LogP contribution in [0, 0.1) is 6.92 Å². The van der Waals surface area contributed by atoms with E-state index in [-0.39, 0.29) is 30.3 Å². The van der Waals surface area contributed by atoms with Gasteiger partial charge >= 0.3 is 5.69 Å². The van der Waals surface area contributed by atoms with E-state index in [1.165, 1.54) is 11.5 Å². The second-order valence-corrected chi connectivity index (χ2v) is 9.42. The number of carbonyl (C=O) groups excluding carboxylic acids is 2. The maximum Gasteiger partial charge on any atom is 0.328 e. The van der Waals surface area contributed by atoms with Crippen LogP contribution in [0.3, 0.4) is 0 Å². The van der Waals surface area contributed by atoms with Crippen molar-refractivity contribution < 1.29 is 14.7 Å². The van der Waals surface area contributed by atoms with Gasteiger partial charge in [0, 0.05) is 42.7 Å². The lowest BCUT2D eigenvalue weighted by Gasteiger charge is -2.32. The Balaban J connectivity index is 1.31. The van der Waals surface area contributed by atoms with Crippen molar-refractivity contribution in [2.45, 2.75) is 39.3 Å². The Hall–Kier alpha value is -4.40. The van der Waals surface area contributed by atoms with Crippen molar-refractivity contribution in [1.82, 2.24) is 24.8 Å². The van der Waals surface area contributed by atoms with Gasteiger partial charge in [0.05, 0.1) is 12.1 Å². The van der Waals surface area contributed by atoms with Crippen molar-refractivity contribution in [3.05, 3.63) is 82.0 Å². The SMILES string of the molecule is CC(=O)N1CCC(n2c(CNC(=O)c3ccc(-c4cc(C)nc5ccccc45)cc3)c(O)[nH]c2=O)CC1. The maximum atomic E-state index is 12.9. The number of imidazole rings is 1. The van der Waals surface area contributed by atoms with E-state index in [1.807, 2.05) is 49.4 Å². The molecular weight excluding hydrogens is 470 g/mol. The van der Waals surface area contributed by atoms with Crippen molar-refractivity contribution >= 4 is 22.7 Å². The zero-order valence-corrected chi connectivity index (χ0v) is 20.8. The number of likely N-dealkylation sites (tertiary alicyclic amines) is 1. The summed E-state index contributed by atoms with van der Waals surface area (Å²) in [6, 6.07) is 17.2. The number of nitrogens with zero attached hydrogens (tertiary/aromatic N) is 3. The first-order valence-corrected chi connectivity index (χ1v) is 12.3. The molecule has 0 aliphatic carbocycles. The summed E-state index contributed by atoms with van der Waals surface area (Å²) in [5.74, 6) is -0.559. The summed E-state index contributed by atoms with van der Waals surface area (Å²) in [6.07, 6.45) is 1.20. The first-order valence-electron chi connectivity index (χ1n) is 12.3. The zero-order chi connectivity index (χ0) is 26.1. The molecule has 190 valence electrons. The van der Waals surface area contributed by atoms with Gasteiger partial charge < -0.3 is 15.3 Å². The second-order valence-electron chi connectivity index (χ2n) is 9.42. The molecule has 5 rings (SSSR count). The molecule has 4 aromatic rings. The fourth-order valence-corrected chi connectivity index (χ4v) is 5.08. The molecule has 2 aromatic carbocycles. The van der Waals surface area contributed by atoms with E-state index in [0.717, 1.165) is 27.7 Å². The Morgan fingerprint density at radius 1 is 1.11 bits per heavy atom. The third kappa shape index (κ3) is 4.84. The number of nitrogens with one attached hydrogen (secondary N) is 2. The predicted molar refractivity (Wildman–Crippen MR) is 140 cm³/mol. The van der Waals surface area contributed by atoms with Gasteiger partial charge in [0.2, 0.25) is 11.8 Å². The average Bonchev–Trinajstić information content (AvgIpc) is 3.19. The van der Waals surface area contributed by atoms with Crippen LogP contribution in [0.1, 0.15) is 47.6 Å². The van der Waals surface area contributed by atoms with E-state index in [1.54, 1.807) is 17.0 Å². The first-order chi connectivity index (χ1) is 17.8. The number of piperidine rings is 1. The molecule has 3 N–H and O–H groups in total. The number of fused-ring (bicyclic) bond motifs is 1. The standard InChI is InChI=1S/C28H29N5O4/c1-17-15-23(22-5-3-4-6-24(22)30-17)19-7-9-20(10-8-19)26(35)29-16-25-27(36)31-28(37)33(25)21-11-13-32(14-12-21)18(2)34/h3-10,15,21,36H,11-14,16H2,1-2H3,(H,29,35)(H,31,37). The lowest BCUT2D eigenvalue weighted by atomic mass is 9.99. The molecule has 0 bridgehead atoms. The van der Waals surface area contributed by atoms with Crippen LogP contribution in [-0.2, 0) is 11.3 Å². The third-order valence-corrected chi connectivity index (χ3v) is 7.00. The van der Waals surface area contributed by atoms with Gasteiger partial charge in [0.15, 0.2) is 0 Å². The van der Waals surface area contributed by atoms with Crippen LogP contribution < -0.4 is 11.0 Å². The Kier molecular flexibility index (Phi) is 6.52. The van der Waals surface area contributed by atoms with Gasteiger partial charge in [-0.15, -0.1) is 0 Å². The predicted octanol–water partition coefficient (Wildman–Crippen LogP) is 3.52. The van der Waals surface area contributed by atoms with Crippen LogP contribution in [0.15, 0.2) is 59.4 Å². The molecule has 9 heteroatoms. The number of hydrogen-bond acceptors (Lipinski definition) is 5. The van der Waals surface area contributed by atoms with Gasteiger partial charge in [-0.05, 0) is 55.2 Å². The molecule has 9 nitrogen and oxygen atoms in total. The molecule has 1 saturated heterocycles. The van der Waals surface area contributed by atoms with Crippen LogP contribution in [0.5, 0.6) is 5.88 Å². The van der Waals surface area contributed by atoms with Crippen molar-refractivity contribution in [3.8, 4) is 17.0 Å². The van der Waals surface area contributed by atoms with E-state index in [9.17, 15) is 19.5 Å². The second kappa shape index (κ2) is 9.93. The number of pyridine rings is 1. The molecular formula is C28H29N5O4. The minimum Gasteiger partial charge on any atom is -0.493 e. The van der Waals surface area contributed by atoms with E-state index in [0.29, 0.717) is 37.2 Å². The summed E-state index contributed by atoms with van der Waals surface area (Å²) in [5.41, 5.74) is 4.24. The number of aryl methyl sites for hydroxylation is 1. The number of aromatic amines is 1. The van der Waals surface area contributed by atoms with Crippen LogP contribution in [0.2, 0.25) is 0 Å². The lowest BCUT2D eigenvalue weighted by Crippen LogP contribution is -2.40. The average molecular weight is 500 g/mol. The van der Waals surface area contributed by atoms with Gasteiger partial charge in [-0.2, -0.15) is 0 Å². The third-order valence-electron chi connectivity index (χ3n) is 7.00. The van der Waals surface area contributed by atoms with Gasteiger partial charge in [0.25, 0.3) is 5.91 Å². The fourth-order valence-electron chi connectivity index (χ4n) is 5.08. The van der Waals surface area contributed by atoms with Crippen molar-refractivity contribution in [2.75, 3.05) is 13.1 Å². The Morgan fingerprint density at radius 3 is 2.51 bits per heavy atom. The van der Waals surface area contributed by atoms with Crippen LogP contribution in [0.4, 0.5) is 0 Å². The summed E-state index contributed by atoms with van der Waals surface area (Å²) in [7, 11) is 0. The molecule has 0 radical (unpaired) electrons. The fraction of sp³-hybridized carbons (Fsp3) is 0.286. The molecule has 0 spiro atoms. The number of hydrogen-bond donors (Lipinski definition) is 3. The number of aromatic nitrogens is 3. The summed E-state index contributed by atoms with van der Waals surface area (Å²) < 4.78 is 1.51. The number of aromatic hydroxyl groups is 1. The Bertz CT molecular complexity index is 1530. The summed E-state index contributed by atoms with van der Waals surface area (Å²) in [4.78, 5) is 45.8. The van der Waals surface area contributed by atoms with Gasteiger partial charge in [0.1, 0.15) is 5.69 Å². The number of rotatable bonds is 5. The molecule has 37 heavy (non-hydrogen) atoms. The molecule has 3 heterocycles. The molecule has 1 aliphatic rings. The van der Waals surface area contributed by atoms with E-state index >= 15 is 0 Å². The summed E-state index contributed by atoms with van der Waals surface area (Å²) in [6.45, 7) is 4.57. The smallest absolute Gasteiger partial charge is 0.328 e. The van der Waals surface area contributed by atoms with Gasteiger partial charge in [-0.3, -0.25) is 24.1 Å². The zero-order valence-electron chi connectivity index (χ0n) is 20.8. The Morgan fingerprint density at radius 2 is 1.81 bits per heavy atom. The van der Waals surface area contributed by atoms with Crippen molar-refractivity contribution in [1.29, 1.82) is 0 Å². The van der Waals surface area contributed by atoms with Crippen molar-refractivity contribution in [2.24, 2.45) is 0 Å². The van der Waals surface area contributed by atoms with Gasteiger partial charge in [-0.25, -0.2) is 4.79 Å². The van der Waals surface area contributed by atoms with E-state index in [4.69, 9.17) is 0 Å². The molecule has 0 atom stereocenters. The summed E-state index contributed by atoms with van der Waals surface area (Å²) in [5, 5.41) is 14.2. The summed E-state index contributed by atoms with van der Waals surface area (Å²) >= 11 is 0. The lowest BCUT2D eigenvalue weighted by molar-refractivity contribution is -0.130. The highest BCUT2D eigenvalue weighted by Crippen LogP contribution is 2.29. The van der Waals surface area contributed by atoms with Crippen molar-refractivity contribution in [3.63, 3.8) is 0 Å². The molecule has 2 amide bonds. The normalized spacial score (nSPS) is 14.2. The topological polar surface area (TPSA) is 120 Å². The Labute approximate surface area is 213 Å². The van der Waals surface area contributed by atoms with Crippen LogP contribution in [0.25, 0.3) is 22.0 Å². The van der Waals surface area contributed by atoms with Crippen LogP contribution in [-0.4, -0.2) is 49.4 Å². The minimum absolute atomic E-state index is 0.00767. The van der Waals surface area contributed by atoms with E-state index in [2.05, 4.69) is 15.3 Å². The maximum absolute atomic E-state index is 12.9. The highest BCUT2D eigenvalue weighted by molar-refractivity contribution is 5.97. The monoisotopic (exact) mass is 499 g/mol. The highest BCUT2D eigenvalue weighted by atomic mass is 16.3. The molecule has 0 saturated carbocycles. The quantitative estimate of drug-likeness (QED) is 0.388. The number of H-pyrrole nitrogens is 1. The molecule has 2 aromatic heterocycles. The minimum atomic E-state index is -0.424. The first kappa shape index (κ1) is 24.3. The number of benzene rings is 2. The number of para-hydroxylation sites is 1. The van der Waals surface area contributed by atoms with Gasteiger partial charge in [-0.1, -0.05) is 30.3 Å². The number of carbonyl (C=O) groups is 2. The molecule has 0 unspecified atom stereocenters.